The molecule has 2 rings (SSSR count). The van der Waals surface area contributed by atoms with E-state index in [-0.39, 0.29) is 30.7 Å². The topological polar surface area (TPSA) is 67.4 Å². The SMILES string of the molecule is Cc1cc(C)cc(OCC(=O)NNC2=C(C(=O)C(F)(F)F)CCC2)c1. The highest BCUT2D eigenvalue weighted by Crippen LogP contribution is 2.30. The molecule has 1 aliphatic rings. The van der Waals surface area contributed by atoms with E-state index < -0.39 is 17.9 Å². The third kappa shape index (κ3) is 5.23. The molecular formula is C17H19F3N2O3. The fourth-order valence-corrected chi connectivity index (χ4v) is 2.65. The summed E-state index contributed by atoms with van der Waals surface area (Å²) in [6.07, 6.45) is -4.18. The van der Waals surface area contributed by atoms with Crippen molar-refractivity contribution in [2.45, 2.75) is 39.3 Å². The first-order valence-electron chi connectivity index (χ1n) is 7.76. The fraction of sp³-hybridized carbons (Fsp3) is 0.412. The Morgan fingerprint density at radius 3 is 2.36 bits per heavy atom. The Morgan fingerprint density at radius 1 is 1.12 bits per heavy atom. The summed E-state index contributed by atoms with van der Waals surface area (Å²) in [4.78, 5) is 23.1. The molecule has 0 spiro atoms. The number of halogens is 3. The van der Waals surface area contributed by atoms with E-state index in [9.17, 15) is 22.8 Å². The number of benzene rings is 1. The summed E-state index contributed by atoms with van der Waals surface area (Å²) in [6, 6.07) is 5.50. The maximum absolute atomic E-state index is 12.5. The molecule has 0 atom stereocenters. The van der Waals surface area contributed by atoms with Gasteiger partial charge in [-0.3, -0.25) is 15.0 Å². The zero-order chi connectivity index (χ0) is 18.6. The van der Waals surface area contributed by atoms with Crippen molar-refractivity contribution in [3.63, 3.8) is 0 Å². The Morgan fingerprint density at radius 2 is 1.76 bits per heavy atom. The minimum atomic E-state index is -4.91. The Labute approximate surface area is 143 Å². The molecule has 0 aliphatic heterocycles. The van der Waals surface area contributed by atoms with E-state index in [0.717, 1.165) is 11.1 Å². The Balaban J connectivity index is 1.89. The summed E-state index contributed by atoms with van der Waals surface area (Å²) in [7, 11) is 0. The van der Waals surface area contributed by atoms with Crippen molar-refractivity contribution in [2.75, 3.05) is 6.61 Å². The molecule has 0 saturated heterocycles. The van der Waals surface area contributed by atoms with Crippen molar-refractivity contribution in [3.05, 3.63) is 40.6 Å². The van der Waals surface area contributed by atoms with Crippen molar-refractivity contribution in [1.82, 2.24) is 10.9 Å². The molecule has 136 valence electrons. The average molecular weight is 356 g/mol. The zero-order valence-electron chi connectivity index (χ0n) is 13.9. The minimum Gasteiger partial charge on any atom is -0.484 e. The summed E-state index contributed by atoms with van der Waals surface area (Å²) >= 11 is 0. The lowest BCUT2D eigenvalue weighted by molar-refractivity contribution is -0.166. The van der Waals surface area contributed by atoms with Crippen LogP contribution in [-0.2, 0) is 9.59 Å². The van der Waals surface area contributed by atoms with Gasteiger partial charge in [0.25, 0.3) is 11.7 Å². The molecule has 5 nitrogen and oxygen atoms in total. The maximum Gasteiger partial charge on any atom is 0.454 e. The van der Waals surface area contributed by atoms with E-state index in [1.807, 2.05) is 19.9 Å². The van der Waals surface area contributed by atoms with E-state index in [0.29, 0.717) is 12.2 Å². The van der Waals surface area contributed by atoms with E-state index in [2.05, 4.69) is 10.9 Å². The monoisotopic (exact) mass is 356 g/mol. The van der Waals surface area contributed by atoms with Gasteiger partial charge in [0.15, 0.2) is 6.61 Å². The highest BCUT2D eigenvalue weighted by molar-refractivity contribution is 6.00. The third-order valence-corrected chi connectivity index (χ3v) is 3.67. The number of nitrogens with one attached hydrogen (secondary N) is 2. The molecular weight excluding hydrogens is 337 g/mol. The standard InChI is InChI=1S/C17H19F3N2O3/c1-10-6-11(2)8-12(7-10)25-9-15(23)22-21-14-5-3-4-13(14)16(24)17(18,19)20/h6-8,21H,3-5,9H2,1-2H3,(H,22,23). The molecule has 1 aliphatic carbocycles. The van der Waals surface area contributed by atoms with Gasteiger partial charge in [-0.05, 0) is 56.4 Å². The molecule has 8 heteroatoms. The first-order valence-corrected chi connectivity index (χ1v) is 7.76. The van der Waals surface area contributed by atoms with E-state index in [1.54, 1.807) is 12.1 Å². The molecule has 0 aromatic heterocycles. The molecule has 1 aromatic rings. The smallest absolute Gasteiger partial charge is 0.454 e. The second kappa shape index (κ2) is 7.58. The highest BCUT2D eigenvalue weighted by Gasteiger charge is 2.42. The molecule has 1 aromatic carbocycles. The van der Waals surface area contributed by atoms with Crippen molar-refractivity contribution >= 4 is 11.7 Å². The Bertz CT molecular complexity index is 691. The van der Waals surface area contributed by atoms with Gasteiger partial charge in [0.2, 0.25) is 0 Å². The number of alkyl halides is 3. The van der Waals surface area contributed by atoms with Crippen LogP contribution in [0, 0.1) is 13.8 Å². The summed E-state index contributed by atoms with van der Waals surface area (Å²) in [5.41, 5.74) is 6.43. The lowest BCUT2D eigenvalue weighted by Crippen LogP contribution is -2.40. The molecule has 0 heterocycles. The predicted molar refractivity (Wildman–Crippen MR) is 84.6 cm³/mol. The molecule has 0 fully saturated rings. The first kappa shape index (κ1) is 18.8. The number of Topliss-reactive ketones (excluding diaryl/α,β-unsaturated/α-hetero) is 1. The lowest BCUT2D eigenvalue weighted by atomic mass is 10.1. The number of ether oxygens (including phenoxy) is 1. The van der Waals surface area contributed by atoms with Gasteiger partial charge in [-0.15, -0.1) is 0 Å². The van der Waals surface area contributed by atoms with Crippen LogP contribution in [0.2, 0.25) is 0 Å². The van der Waals surface area contributed by atoms with Crippen LogP contribution in [0.1, 0.15) is 30.4 Å². The number of carbonyl (C=O) groups excluding carboxylic acids is 2. The number of hydrogen-bond donors (Lipinski definition) is 2. The minimum absolute atomic E-state index is 0.0373. The van der Waals surface area contributed by atoms with Crippen LogP contribution in [-0.4, -0.2) is 24.5 Å². The fourth-order valence-electron chi connectivity index (χ4n) is 2.65. The van der Waals surface area contributed by atoms with Crippen molar-refractivity contribution in [3.8, 4) is 5.75 Å². The van der Waals surface area contributed by atoms with Crippen LogP contribution in [0.15, 0.2) is 29.5 Å². The largest absolute Gasteiger partial charge is 0.484 e. The predicted octanol–water partition coefficient (Wildman–Crippen LogP) is 2.87. The number of rotatable bonds is 6. The lowest BCUT2D eigenvalue weighted by Gasteiger charge is -2.13. The van der Waals surface area contributed by atoms with Gasteiger partial charge in [-0.25, -0.2) is 0 Å². The number of carbonyl (C=O) groups is 2. The van der Waals surface area contributed by atoms with Crippen molar-refractivity contribution < 1.29 is 27.5 Å². The second-order valence-electron chi connectivity index (χ2n) is 5.92. The molecule has 0 saturated carbocycles. The number of ketones is 1. The van der Waals surface area contributed by atoms with Crippen LogP contribution in [0.5, 0.6) is 5.75 Å². The Hall–Kier alpha value is -2.51. The van der Waals surface area contributed by atoms with E-state index in [1.165, 1.54) is 0 Å². The maximum atomic E-state index is 12.5. The van der Waals surface area contributed by atoms with Crippen LogP contribution >= 0.6 is 0 Å². The molecule has 25 heavy (non-hydrogen) atoms. The van der Waals surface area contributed by atoms with Gasteiger partial charge >= 0.3 is 6.18 Å². The van der Waals surface area contributed by atoms with Crippen molar-refractivity contribution in [1.29, 1.82) is 0 Å². The van der Waals surface area contributed by atoms with Gasteiger partial charge in [0, 0.05) is 11.3 Å². The number of hydrazine groups is 1. The average Bonchev–Trinajstić information content (AvgIpc) is 2.96. The number of allylic oxidation sites excluding steroid dienone is 2. The molecule has 0 radical (unpaired) electrons. The third-order valence-electron chi connectivity index (χ3n) is 3.67. The van der Waals surface area contributed by atoms with Crippen LogP contribution in [0.3, 0.4) is 0 Å². The number of amides is 1. The Kier molecular flexibility index (Phi) is 5.71. The van der Waals surface area contributed by atoms with Gasteiger partial charge in [0.05, 0.1) is 0 Å². The summed E-state index contributed by atoms with van der Waals surface area (Å²) in [6.45, 7) is 3.49. The van der Waals surface area contributed by atoms with Crippen LogP contribution in [0.4, 0.5) is 13.2 Å². The summed E-state index contributed by atoms with van der Waals surface area (Å²) < 4.78 is 42.9. The van der Waals surface area contributed by atoms with E-state index in [4.69, 9.17) is 4.74 Å². The summed E-state index contributed by atoms with van der Waals surface area (Å²) in [5.74, 6) is -1.90. The van der Waals surface area contributed by atoms with E-state index >= 15 is 0 Å². The van der Waals surface area contributed by atoms with Crippen LogP contribution < -0.4 is 15.6 Å². The molecule has 0 bridgehead atoms. The first-order chi connectivity index (χ1) is 11.7. The molecule has 0 unspecified atom stereocenters. The summed E-state index contributed by atoms with van der Waals surface area (Å²) in [5, 5.41) is 0. The van der Waals surface area contributed by atoms with Gasteiger partial charge in [-0.2, -0.15) is 13.2 Å². The molecule has 2 N–H and O–H groups in total. The molecule has 1 amide bonds. The van der Waals surface area contributed by atoms with Crippen molar-refractivity contribution in [2.24, 2.45) is 0 Å². The quantitative estimate of drug-likeness (QED) is 0.769. The van der Waals surface area contributed by atoms with Gasteiger partial charge in [-0.1, -0.05) is 6.07 Å². The van der Waals surface area contributed by atoms with Gasteiger partial charge in [0.1, 0.15) is 5.75 Å². The van der Waals surface area contributed by atoms with Gasteiger partial charge < -0.3 is 10.2 Å². The highest BCUT2D eigenvalue weighted by atomic mass is 19.4. The normalized spacial score (nSPS) is 14.4. The van der Waals surface area contributed by atoms with Crippen LogP contribution in [0.25, 0.3) is 0 Å². The number of aryl methyl sites for hydroxylation is 2. The number of hydrogen-bond acceptors (Lipinski definition) is 4. The second-order valence-corrected chi connectivity index (χ2v) is 5.92. The zero-order valence-corrected chi connectivity index (χ0v) is 13.9.